The fraction of sp³-hybridized carbons (Fsp3) is 0.471. The van der Waals surface area contributed by atoms with Crippen LogP contribution in [0.15, 0.2) is 23.2 Å². The van der Waals surface area contributed by atoms with Crippen molar-refractivity contribution in [1.29, 1.82) is 0 Å². The Balaban J connectivity index is 1.74. The second kappa shape index (κ2) is 5.41. The van der Waals surface area contributed by atoms with E-state index in [1.165, 1.54) is 53.5 Å². The number of benzene rings is 1. The van der Waals surface area contributed by atoms with Crippen molar-refractivity contribution in [3.63, 3.8) is 0 Å². The van der Waals surface area contributed by atoms with Crippen molar-refractivity contribution in [2.45, 2.75) is 38.6 Å². The first kappa shape index (κ1) is 13.3. The Morgan fingerprint density at radius 1 is 1.24 bits per heavy atom. The molecule has 0 spiro atoms. The van der Waals surface area contributed by atoms with Gasteiger partial charge in [0.25, 0.3) is 0 Å². The zero-order chi connectivity index (χ0) is 14.2. The van der Waals surface area contributed by atoms with Gasteiger partial charge in [-0.25, -0.2) is 0 Å². The Hall–Kier alpha value is -1.42. The van der Waals surface area contributed by atoms with Gasteiger partial charge in [0.05, 0.1) is 16.9 Å². The molecule has 21 heavy (non-hydrogen) atoms. The largest absolute Gasteiger partial charge is 0.381 e. The van der Waals surface area contributed by atoms with Crippen molar-refractivity contribution in [2.24, 2.45) is 4.99 Å². The summed E-state index contributed by atoms with van der Waals surface area (Å²) in [6, 6.07) is 7.42. The van der Waals surface area contributed by atoms with E-state index in [9.17, 15) is 0 Å². The number of nitrogens with zero attached hydrogens (tertiary/aromatic N) is 1. The molecule has 2 aromatic rings. The average Bonchev–Trinajstić information content (AvgIpc) is 3.19. The highest BCUT2D eigenvalue weighted by Gasteiger charge is 2.18. The second-order valence-electron chi connectivity index (χ2n) is 6.12. The Labute approximate surface area is 129 Å². The van der Waals surface area contributed by atoms with Crippen LogP contribution in [0.25, 0.3) is 10.9 Å². The fourth-order valence-corrected chi connectivity index (χ4v) is 4.24. The standard InChI is InChI=1S/C17H21N3S/c1-11-8-12-10-15(17-18-6-7-21-17)20-16(12)14(9-11)19-13-4-2-3-5-13/h8-10,13,19-20H,2-7H2,1H3. The van der Waals surface area contributed by atoms with Crippen molar-refractivity contribution in [3.8, 4) is 0 Å². The van der Waals surface area contributed by atoms with Crippen molar-refractivity contribution >= 4 is 33.4 Å². The fourth-order valence-electron chi connectivity index (χ4n) is 3.41. The Morgan fingerprint density at radius 3 is 2.86 bits per heavy atom. The molecule has 1 aliphatic heterocycles. The minimum Gasteiger partial charge on any atom is -0.381 e. The van der Waals surface area contributed by atoms with Gasteiger partial charge >= 0.3 is 0 Å². The highest BCUT2D eigenvalue weighted by Crippen LogP contribution is 2.31. The first-order valence-electron chi connectivity index (χ1n) is 7.87. The van der Waals surface area contributed by atoms with Crippen LogP contribution in [0.3, 0.4) is 0 Å². The highest BCUT2D eigenvalue weighted by atomic mass is 32.2. The molecule has 0 atom stereocenters. The van der Waals surface area contributed by atoms with E-state index in [1.54, 1.807) is 0 Å². The second-order valence-corrected chi connectivity index (χ2v) is 7.20. The number of anilines is 1. The molecule has 0 unspecified atom stereocenters. The van der Waals surface area contributed by atoms with E-state index in [0.717, 1.165) is 17.3 Å². The molecule has 2 heterocycles. The van der Waals surface area contributed by atoms with E-state index in [1.807, 2.05) is 11.8 Å². The first-order chi connectivity index (χ1) is 10.3. The van der Waals surface area contributed by atoms with Crippen LogP contribution in [0.4, 0.5) is 5.69 Å². The van der Waals surface area contributed by atoms with Crippen LogP contribution < -0.4 is 5.32 Å². The molecule has 4 heteroatoms. The molecule has 1 aromatic carbocycles. The van der Waals surface area contributed by atoms with E-state index >= 15 is 0 Å². The molecule has 110 valence electrons. The number of hydrogen-bond acceptors (Lipinski definition) is 3. The summed E-state index contributed by atoms with van der Waals surface area (Å²) in [5.74, 6) is 1.11. The summed E-state index contributed by atoms with van der Waals surface area (Å²) in [5, 5.41) is 6.21. The lowest BCUT2D eigenvalue weighted by molar-refractivity contribution is 0.756. The number of fused-ring (bicyclic) bond motifs is 1. The summed E-state index contributed by atoms with van der Waals surface area (Å²) in [5.41, 5.74) is 4.98. The summed E-state index contributed by atoms with van der Waals surface area (Å²) in [6.45, 7) is 3.12. The Bertz CT molecular complexity index is 695. The quantitative estimate of drug-likeness (QED) is 0.886. The molecular weight excluding hydrogens is 278 g/mol. The number of aromatic amines is 1. The predicted octanol–water partition coefficient (Wildman–Crippen LogP) is 4.32. The number of thioether (sulfide) groups is 1. The van der Waals surface area contributed by atoms with Gasteiger partial charge in [-0.3, -0.25) is 4.99 Å². The lowest BCUT2D eigenvalue weighted by atomic mass is 10.1. The van der Waals surface area contributed by atoms with E-state index in [-0.39, 0.29) is 0 Å². The van der Waals surface area contributed by atoms with Crippen LogP contribution >= 0.6 is 11.8 Å². The number of aromatic nitrogens is 1. The molecule has 1 saturated carbocycles. The van der Waals surface area contributed by atoms with E-state index in [2.05, 4.69) is 40.4 Å². The summed E-state index contributed by atoms with van der Waals surface area (Å²) in [7, 11) is 0. The monoisotopic (exact) mass is 299 g/mol. The van der Waals surface area contributed by atoms with Crippen LogP contribution in [0, 0.1) is 6.92 Å². The van der Waals surface area contributed by atoms with Crippen molar-refractivity contribution < 1.29 is 0 Å². The number of aliphatic imine (C=N–C) groups is 1. The molecular formula is C17H21N3S. The van der Waals surface area contributed by atoms with Crippen LogP contribution in [0.5, 0.6) is 0 Å². The molecule has 1 fully saturated rings. The van der Waals surface area contributed by atoms with Crippen molar-refractivity contribution in [2.75, 3.05) is 17.6 Å². The maximum absolute atomic E-state index is 4.58. The van der Waals surface area contributed by atoms with Gasteiger partial charge in [0, 0.05) is 23.7 Å². The third-order valence-corrected chi connectivity index (χ3v) is 5.41. The smallest absolute Gasteiger partial charge is 0.114 e. The average molecular weight is 299 g/mol. The van der Waals surface area contributed by atoms with Gasteiger partial charge < -0.3 is 10.3 Å². The molecule has 2 aliphatic rings. The maximum atomic E-state index is 4.58. The first-order valence-corrected chi connectivity index (χ1v) is 8.86. The zero-order valence-corrected chi connectivity index (χ0v) is 13.2. The van der Waals surface area contributed by atoms with Crippen LogP contribution in [0.1, 0.15) is 36.9 Å². The third kappa shape index (κ3) is 2.57. The van der Waals surface area contributed by atoms with Gasteiger partial charge in [0.1, 0.15) is 5.04 Å². The van der Waals surface area contributed by atoms with Gasteiger partial charge in [-0.1, -0.05) is 12.8 Å². The van der Waals surface area contributed by atoms with Crippen LogP contribution in [-0.2, 0) is 0 Å². The van der Waals surface area contributed by atoms with Gasteiger partial charge in [-0.05, 0) is 43.5 Å². The molecule has 0 amide bonds. The number of aryl methyl sites for hydroxylation is 1. The minimum absolute atomic E-state index is 0.639. The number of rotatable bonds is 3. The van der Waals surface area contributed by atoms with E-state index in [4.69, 9.17) is 0 Å². The normalized spacial score (nSPS) is 19.4. The van der Waals surface area contributed by atoms with Gasteiger partial charge in [0.15, 0.2) is 0 Å². The maximum Gasteiger partial charge on any atom is 0.114 e. The molecule has 2 N–H and O–H groups in total. The summed E-state index contributed by atoms with van der Waals surface area (Å²) < 4.78 is 0. The minimum atomic E-state index is 0.639. The molecule has 3 nitrogen and oxygen atoms in total. The van der Waals surface area contributed by atoms with Crippen LogP contribution in [-0.4, -0.2) is 28.4 Å². The summed E-state index contributed by atoms with van der Waals surface area (Å²) >= 11 is 1.85. The van der Waals surface area contributed by atoms with E-state index < -0.39 is 0 Å². The van der Waals surface area contributed by atoms with Gasteiger partial charge in [-0.15, -0.1) is 11.8 Å². The lowest BCUT2D eigenvalue weighted by Crippen LogP contribution is -2.14. The Kier molecular flexibility index (Phi) is 3.42. The summed E-state index contributed by atoms with van der Waals surface area (Å²) in [4.78, 5) is 8.18. The number of hydrogen-bond donors (Lipinski definition) is 2. The topological polar surface area (TPSA) is 40.2 Å². The van der Waals surface area contributed by atoms with E-state index in [0.29, 0.717) is 6.04 Å². The molecule has 0 saturated heterocycles. The Morgan fingerprint density at radius 2 is 2.10 bits per heavy atom. The van der Waals surface area contributed by atoms with Crippen LogP contribution in [0.2, 0.25) is 0 Å². The number of H-pyrrole nitrogens is 1. The predicted molar refractivity (Wildman–Crippen MR) is 92.8 cm³/mol. The lowest BCUT2D eigenvalue weighted by Gasteiger charge is -2.15. The molecule has 0 bridgehead atoms. The molecule has 0 radical (unpaired) electrons. The van der Waals surface area contributed by atoms with Crippen molar-refractivity contribution in [3.05, 3.63) is 29.5 Å². The van der Waals surface area contributed by atoms with Gasteiger partial charge in [0.2, 0.25) is 0 Å². The summed E-state index contributed by atoms with van der Waals surface area (Å²) in [6.07, 6.45) is 5.31. The third-order valence-electron chi connectivity index (χ3n) is 4.40. The molecule has 1 aliphatic carbocycles. The highest BCUT2D eigenvalue weighted by molar-refractivity contribution is 8.14. The molecule has 1 aromatic heterocycles. The SMILES string of the molecule is Cc1cc(NC2CCCC2)c2[nH]c(C3=NCCS3)cc2c1. The number of nitrogens with one attached hydrogen (secondary N) is 2. The van der Waals surface area contributed by atoms with Crippen molar-refractivity contribution in [1.82, 2.24) is 4.98 Å². The molecule has 4 rings (SSSR count). The van der Waals surface area contributed by atoms with Gasteiger partial charge in [-0.2, -0.15) is 0 Å². The zero-order valence-electron chi connectivity index (χ0n) is 12.4.